The summed E-state index contributed by atoms with van der Waals surface area (Å²) >= 11 is 0. The second kappa shape index (κ2) is 7.89. The average Bonchev–Trinajstić information content (AvgIpc) is 4.04. The molecule has 15 saturated carbocycles. The molecule has 18 rings (SSSR count). The number of hydrogen-bond acceptors (Lipinski definition) is 8. The zero-order valence-electron chi connectivity index (χ0n) is 29.5. The first-order chi connectivity index (χ1) is 26.4. The Balaban J connectivity index is 0.813. The summed E-state index contributed by atoms with van der Waals surface area (Å²) in [5.41, 5.74) is -4.50. The molecule has 15 fully saturated rings. The summed E-state index contributed by atoms with van der Waals surface area (Å²) in [4.78, 5) is 0. The van der Waals surface area contributed by atoms with Crippen LogP contribution in [0.2, 0.25) is 0 Å². The van der Waals surface area contributed by atoms with Gasteiger partial charge in [0, 0.05) is 11.8 Å². The van der Waals surface area contributed by atoms with Crippen molar-refractivity contribution in [1.29, 1.82) is 42.1 Å². The van der Waals surface area contributed by atoms with Crippen molar-refractivity contribution in [3.63, 3.8) is 0 Å². The van der Waals surface area contributed by atoms with Crippen molar-refractivity contribution in [1.82, 2.24) is 0 Å². The van der Waals surface area contributed by atoms with E-state index in [-0.39, 0.29) is 35.5 Å². The van der Waals surface area contributed by atoms with Gasteiger partial charge in [0.05, 0.1) is 48.6 Å². The van der Waals surface area contributed by atoms with Crippen LogP contribution in [0.4, 0.5) is 0 Å². The normalized spacial score (nSPS) is 64.7. The van der Waals surface area contributed by atoms with Crippen molar-refractivity contribution in [2.24, 2.45) is 181 Å². The van der Waals surface area contributed by atoms with E-state index in [0.717, 1.165) is 12.8 Å². The van der Waals surface area contributed by atoms with E-state index in [2.05, 4.69) is 66.8 Å². The van der Waals surface area contributed by atoms with Gasteiger partial charge in [-0.25, -0.2) is 0 Å². The predicted molar refractivity (Wildman–Crippen MR) is 180 cm³/mol. The van der Waals surface area contributed by atoms with Crippen molar-refractivity contribution in [3.05, 3.63) is 23.8 Å². The van der Waals surface area contributed by atoms with E-state index < -0.39 is 21.7 Å². The zero-order chi connectivity index (χ0) is 36.1. The molecule has 10 bridgehead atoms. The molecule has 260 valence electrons. The van der Waals surface area contributed by atoms with Crippen LogP contribution in [-0.4, -0.2) is 0 Å². The van der Waals surface area contributed by atoms with E-state index >= 15 is 0 Å². The van der Waals surface area contributed by atoms with E-state index in [9.17, 15) is 42.1 Å². The molecule has 18 aliphatic carbocycles. The van der Waals surface area contributed by atoms with Crippen molar-refractivity contribution >= 4 is 0 Å². The average molecular weight is 701 g/mol. The lowest BCUT2D eigenvalue weighted by atomic mass is 9.35. The quantitative estimate of drug-likeness (QED) is 0.291. The Morgan fingerprint density at radius 2 is 0.852 bits per heavy atom. The highest BCUT2D eigenvalue weighted by Gasteiger charge is 2.92. The van der Waals surface area contributed by atoms with Gasteiger partial charge in [-0.3, -0.25) is 0 Å². The lowest BCUT2D eigenvalue weighted by Crippen LogP contribution is -2.65. The summed E-state index contributed by atoms with van der Waals surface area (Å²) in [5, 5.41) is 85.5. The van der Waals surface area contributed by atoms with Gasteiger partial charge in [-0.05, 0) is 167 Å². The summed E-state index contributed by atoms with van der Waals surface area (Å²) in [6, 6.07) is 19.0. The van der Waals surface area contributed by atoms with Crippen LogP contribution in [0.3, 0.4) is 0 Å². The van der Waals surface area contributed by atoms with Crippen LogP contribution in [0, 0.1) is 272 Å². The first-order valence-electron chi connectivity index (χ1n) is 21.1. The Morgan fingerprint density at radius 3 is 1.43 bits per heavy atom. The molecule has 0 radical (unpaired) electrons. The molecule has 27 atom stereocenters. The second-order valence-electron chi connectivity index (χ2n) is 21.7. The summed E-state index contributed by atoms with van der Waals surface area (Å²) < 4.78 is 0. The fourth-order valence-corrected chi connectivity index (χ4v) is 21.6. The van der Waals surface area contributed by atoms with Gasteiger partial charge in [-0.1, -0.05) is 23.8 Å². The standard InChI is InChI=1S/C46H36N8/c47-7-43(8-48)23-5-21-29-27-19-3-17-15-1-2-16(18(17)4-20(19)28(27)36-33(23)39(36)41(31(21)29)45(43,11-51)12-52)26-25(15)35-30-22-6-24-34-38(37(26)35)40(34)42(32(22)30)46(13-53,14-54)44(24,9-49)10-50/h1-2,4,15-19,21-42H,3,5-6H2/t15-,16-,17+,18-,19-,21-,22+,23+,24+,25-,26-,27-,28+,29-,30-,31+,32-,33-,34+,35+,36-,37-,38-,39-,40+,41-,42-/m1/s1. The van der Waals surface area contributed by atoms with Crippen LogP contribution >= 0.6 is 0 Å². The molecule has 0 aromatic rings. The molecule has 0 aliphatic heterocycles. The minimum atomic E-state index is -1.54. The van der Waals surface area contributed by atoms with Crippen molar-refractivity contribution in [2.75, 3.05) is 0 Å². The number of nitrogens with zero attached hydrogens (tertiary/aromatic N) is 8. The van der Waals surface area contributed by atoms with Gasteiger partial charge in [-0.2, -0.15) is 42.1 Å². The molecule has 0 unspecified atom stereocenters. The Kier molecular flexibility index (Phi) is 4.21. The van der Waals surface area contributed by atoms with Crippen LogP contribution in [0.15, 0.2) is 23.8 Å². The zero-order valence-corrected chi connectivity index (χ0v) is 29.5. The molecule has 0 saturated heterocycles. The topological polar surface area (TPSA) is 190 Å². The largest absolute Gasteiger partial charge is 0.196 e. The van der Waals surface area contributed by atoms with Gasteiger partial charge < -0.3 is 0 Å². The van der Waals surface area contributed by atoms with Crippen molar-refractivity contribution in [3.8, 4) is 48.6 Å². The maximum absolute atomic E-state index is 10.8. The molecular weight excluding hydrogens is 665 g/mol. The van der Waals surface area contributed by atoms with Crippen molar-refractivity contribution < 1.29 is 0 Å². The Labute approximate surface area is 314 Å². The summed E-state index contributed by atoms with van der Waals surface area (Å²) in [5.74, 6) is 10.2. The third-order valence-corrected chi connectivity index (χ3v) is 22.4. The summed E-state index contributed by atoms with van der Waals surface area (Å²) in [6.45, 7) is 0. The number of allylic oxidation sites excluding steroid dienone is 4. The SMILES string of the molecule is N#CC1(C#N)[C@H]2[C@@H]3[C@H]4[C@@H]5[C@@H]6[C@@H]7C=C[C@H]([C@@H]8C[C@@H]9C(=C[C@H]78)[C@@H]7[C@H]8[C@H]%10[C@@H]8[C@@H]8C[C@@H]%11[C@H]([C@@H]79)[C@H]%11[C@H]%10C(C#N)(C#N)C8(C#N)C#N)[C@H]6[C@H]5[C@@H]5[C@H](C[C@@H]([C@@H]43)C1(C#N)C#N)[C@H]52. The highest BCUT2D eigenvalue weighted by Crippen LogP contribution is 2.92. The lowest BCUT2D eigenvalue weighted by molar-refractivity contribution is -0.176. The third-order valence-electron chi connectivity index (χ3n) is 22.4. The number of fused-ring (bicyclic) bond motifs is 11. The maximum atomic E-state index is 10.8. The molecular formula is C46H36N8. The molecule has 0 aromatic heterocycles. The van der Waals surface area contributed by atoms with Gasteiger partial charge in [0.1, 0.15) is 0 Å². The Morgan fingerprint density at radius 1 is 0.389 bits per heavy atom. The number of rotatable bonds is 0. The summed E-state index contributed by atoms with van der Waals surface area (Å²) in [6.07, 6.45) is 10.9. The minimum Gasteiger partial charge on any atom is -0.196 e. The number of nitriles is 8. The van der Waals surface area contributed by atoms with E-state index in [1.54, 1.807) is 5.57 Å². The van der Waals surface area contributed by atoms with Crippen LogP contribution in [0.1, 0.15) is 19.3 Å². The fourth-order valence-electron chi connectivity index (χ4n) is 21.6. The second-order valence-corrected chi connectivity index (χ2v) is 21.7. The minimum absolute atomic E-state index is 0.147. The van der Waals surface area contributed by atoms with Crippen LogP contribution < -0.4 is 0 Å². The van der Waals surface area contributed by atoms with Gasteiger partial charge in [0.15, 0.2) is 21.7 Å². The monoisotopic (exact) mass is 700 g/mol. The van der Waals surface area contributed by atoms with Gasteiger partial charge in [0.2, 0.25) is 0 Å². The fraction of sp³-hybridized carbons (Fsp3) is 0.739. The van der Waals surface area contributed by atoms with Crippen LogP contribution in [0.5, 0.6) is 0 Å². The van der Waals surface area contributed by atoms with E-state index in [0.29, 0.717) is 124 Å². The molecule has 54 heavy (non-hydrogen) atoms. The highest BCUT2D eigenvalue weighted by molar-refractivity contribution is 5.51. The Bertz CT molecular complexity index is 2380. The molecule has 0 spiro atoms. The smallest absolute Gasteiger partial charge is 0.179 e. The summed E-state index contributed by atoms with van der Waals surface area (Å²) in [7, 11) is 0. The molecule has 8 heteroatoms. The van der Waals surface area contributed by atoms with Crippen LogP contribution in [0.25, 0.3) is 0 Å². The maximum Gasteiger partial charge on any atom is 0.179 e. The third kappa shape index (κ3) is 2.22. The first kappa shape index (κ1) is 28.8. The van der Waals surface area contributed by atoms with Gasteiger partial charge in [0.25, 0.3) is 0 Å². The molecule has 8 nitrogen and oxygen atoms in total. The highest BCUT2D eigenvalue weighted by atomic mass is 14.9. The van der Waals surface area contributed by atoms with Crippen LogP contribution in [-0.2, 0) is 0 Å². The van der Waals surface area contributed by atoms with Crippen molar-refractivity contribution in [2.45, 2.75) is 19.3 Å². The van der Waals surface area contributed by atoms with Gasteiger partial charge >= 0.3 is 0 Å². The van der Waals surface area contributed by atoms with E-state index in [1.165, 1.54) is 6.42 Å². The molecule has 0 heterocycles. The first-order valence-corrected chi connectivity index (χ1v) is 21.1. The van der Waals surface area contributed by atoms with Gasteiger partial charge in [-0.15, -0.1) is 0 Å². The number of hydrogen-bond donors (Lipinski definition) is 0. The lowest BCUT2D eigenvalue weighted by Gasteiger charge is -2.69. The molecule has 18 aliphatic rings. The molecule has 0 N–H and O–H groups in total. The Hall–Kier alpha value is -4.60. The molecule has 0 aromatic carbocycles. The van der Waals surface area contributed by atoms with E-state index in [1.807, 2.05) is 0 Å². The predicted octanol–water partition coefficient (Wildman–Crippen LogP) is 5.61. The molecule has 0 amide bonds. The van der Waals surface area contributed by atoms with E-state index in [4.69, 9.17) is 0 Å².